The standard InChI is InChI=1S/C46H28O/c1-2-14-34-29(11-1)23-24-30-25-26-32(28-41(30)34)31-12-9-13-33(27-31)44-35-15-3-5-17-37(35)45(38-18-6-4-16-36(38)44)40-20-10-22-43-46(40)39-19-7-8-21-42(39)47-43/h1-28H/i3D,4D,5D,6D,15D,16D,17D,18D. The minimum Gasteiger partial charge on any atom is -0.456 e. The summed E-state index contributed by atoms with van der Waals surface area (Å²) in [5.74, 6) is 0. The van der Waals surface area contributed by atoms with Gasteiger partial charge in [0, 0.05) is 10.8 Å². The minimum absolute atomic E-state index is 0.166. The molecule has 0 bridgehead atoms. The first kappa shape index (κ1) is 19.4. The van der Waals surface area contributed by atoms with Crippen LogP contribution in [-0.2, 0) is 0 Å². The first-order chi connectivity index (χ1) is 26.6. The molecule has 9 aromatic carbocycles. The van der Waals surface area contributed by atoms with Crippen LogP contribution in [0.25, 0.3) is 98.4 Å². The Kier molecular flexibility index (Phi) is 4.19. The van der Waals surface area contributed by atoms with Gasteiger partial charge in [-0.1, -0.05) is 145 Å². The molecule has 1 heterocycles. The highest BCUT2D eigenvalue weighted by molar-refractivity contribution is 6.25. The van der Waals surface area contributed by atoms with E-state index in [9.17, 15) is 5.48 Å². The van der Waals surface area contributed by atoms with Crippen molar-refractivity contribution >= 4 is 65.0 Å². The quantitative estimate of drug-likeness (QED) is 0.144. The molecule has 0 atom stereocenters. The van der Waals surface area contributed by atoms with E-state index in [1.165, 1.54) is 0 Å². The van der Waals surface area contributed by atoms with E-state index in [4.69, 9.17) is 9.90 Å². The van der Waals surface area contributed by atoms with Crippen molar-refractivity contribution in [2.45, 2.75) is 0 Å². The summed E-state index contributed by atoms with van der Waals surface area (Å²) in [5.41, 5.74) is 4.63. The van der Waals surface area contributed by atoms with E-state index in [0.29, 0.717) is 38.8 Å². The van der Waals surface area contributed by atoms with Crippen LogP contribution in [-0.4, -0.2) is 0 Å². The van der Waals surface area contributed by atoms with Crippen LogP contribution in [0.4, 0.5) is 0 Å². The predicted octanol–water partition coefficient (Wildman–Crippen LogP) is 13.2. The largest absolute Gasteiger partial charge is 0.456 e. The van der Waals surface area contributed by atoms with E-state index in [1.807, 2.05) is 78.9 Å². The fourth-order valence-electron chi connectivity index (χ4n) is 7.20. The van der Waals surface area contributed by atoms with Crippen LogP contribution in [0.15, 0.2) is 174 Å². The van der Waals surface area contributed by atoms with Crippen molar-refractivity contribution in [3.8, 4) is 33.4 Å². The number of furan rings is 1. The lowest BCUT2D eigenvalue weighted by atomic mass is 9.84. The van der Waals surface area contributed by atoms with Crippen molar-refractivity contribution in [3.63, 3.8) is 0 Å². The number of rotatable bonds is 3. The highest BCUT2D eigenvalue weighted by atomic mass is 16.3. The Labute approximate surface area is 283 Å². The van der Waals surface area contributed by atoms with Crippen LogP contribution in [0.1, 0.15) is 11.0 Å². The van der Waals surface area contributed by atoms with Gasteiger partial charge in [-0.2, -0.15) is 0 Å². The van der Waals surface area contributed by atoms with Crippen LogP contribution in [0.2, 0.25) is 0 Å². The monoisotopic (exact) mass is 604 g/mol. The summed E-state index contributed by atoms with van der Waals surface area (Å²) in [7, 11) is 0. The Hall–Kier alpha value is -6.18. The van der Waals surface area contributed by atoms with Crippen molar-refractivity contribution in [2.75, 3.05) is 0 Å². The van der Waals surface area contributed by atoms with Gasteiger partial charge in [0.25, 0.3) is 0 Å². The second kappa shape index (κ2) is 10.2. The summed E-state index contributed by atoms with van der Waals surface area (Å²) >= 11 is 0. The van der Waals surface area contributed by atoms with Crippen LogP contribution >= 0.6 is 0 Å². The maximum absolute atomic E-state index is 9.42. The van der Waals surface area contributed by atoms with Crippen molar-refractivity contribution in [1.82, 2.24) is 0 Å². The summed E-state index contributed by atoms with van der Waals surface area (Å²) in [6, 6.07) is 36.3. The van der Waals surface area contributed by atoms with Crippen molar-refractivity contribution in [3.05, 3.63) is 170 Å². The van der Waals surface area contributed by atoms with Gasteiger partial charge in [0.1, 0.15) is 11.2 Å². The smallest absolute Gasteiger partial charge is 0.136 e. The third-order valence-corrected chi connectivity index (χ3v) is 9.28. The van der Waals surface area contributed by atoms with Crippen LogP contribution in [0, 0.1) is 0 Å². The van der Waals surface area contributed by atoms with E-state index in [1.54, 1.807) is 6.07 Å². The van der Waals surface area contributed by atoms with E-state index in [0.717, 1.165) is 38.1 Å². The molecule has 1 aromatic heterocycles. The highest BCUT2D eigenvalue weighted by Crippen LogP contribution is 2.47. The molecule has 0 saturated heterocycles. The third-order valence-electron chi connectivity index (χ3n) is 9.28. The third kappa shape index (κ3) is 3.97. The maximum Gasteiger partial charge on any atom is 0.136 e. The van der Waals surface area contributed by atoms with Gasteiger partial charge in [-0.15, -0.1) is 0 Å². The van der Waals surface area contributed by atoms with Crippen LogP contribution in [0.5, 0.6) is 0 Å². The van der Waals surface area contributed by atoms with E-state index in [-0.39, 0.29) is 45.7 Å². The molecule has 1 nitrogen and oxygen atoms in total. The van der Waals surface area contributed by atoms with Crippen molar-refractivity contribution in [1.29, 1.82) is 0 Å². The molecule has 1 heteroatoms. The molecule has 218 valence electrons. The summed E-state index contributed by atoms with van der Waals surface area (Å²) in [6.07, 6.45) is 0. The molecule has 0 aliphatic rings. The second-order valence-electron chi connectivity index (χ2n) is 11.8. The van der Waals surface area contributed by atoms with Gasteiger partial charge in [-0.3, -0.25) is 0 Å². The summed E-state index contributed by atoms with van der Waals surface area (Å²) in [5, 5.41) is 6.56. The average molecular weight is 605 g/mol. The Morgan fingerprint density at radius 3 is 1.74 bits per heavy atom. The fourth-order valence-corrected chi connectivity index (χ4v) is 7.20. The Morgan fingerprint density at radius 1 is 0.383 bits per heavy atom. The first-order valence-electron chi connectivity index (χ1n) is 19.5. The molecular weight excluding hydrogens is 569 g/mol. The van der Waals surface area contributed by atoms with Crippen LogP contribution in [0.3, 0.4) is 0 Å². The molecule has 10 rings (SSSR count). The molecule has 0 aliphatic heterocycles. The number of benzene rings is 9. The predicted molar refractivity (Wildman–Crippen MR) is 200 cm³/mol. The molecule has 10 aromatic rings. The average Bonchev–Trinajstić information content (AvgIpc) is 3.61. The number of para-hydroxylation sites is 1. The molecule has 0 amide bonds. The molecule has 0 radical (unpaired) electrons. The topological polar surface area (TPSA) is 13.1 Å². The molecular formula is C46H28O. The van der Waals surface area contributed by atoms with E-state index < -0.39 is 24.2 Å². The molecule has 0 unspecified atom stereocenters. The second-order valence-corrected chi connectivity index (χ2v) is 11.8. The molecule has 0 N–H and O–H groups in total. The van der Waals surface area contributed by atoms with Gasteiger partial charge in [0.2, 0.25) is 0 Å². The minimum atomic E-state index is -0.439. The number of hydrogen-bond donors (Lipinski definition) is 0. The number of fused-ring (bicyclic) bond motifs is 8. The summed E-state index contributed by atoms with van der Waals surface area (Å²) in [4.78, 5) is 0. The Balaban J connectivity index is 1.38. The Morgan fingerprint density at radius 2 is 0.957 bits per heavy atom. The molecule has 0 aliphatic carbocycles. The molecule has 47 heavy (non-hydrogen) atoms. The lowest BCUT2D eigenvalue weighted by Gasteiger charge is -2.18. The zero-order chi connectivity index (χ0) is 37.9. The van der Waals surface area contributed by atoms with Gasteiger partial charge in [0.15, 0.2) is 0 Å². The van der Waals surface area contributed by atoms with Gasteiger partial charge in [-0.25, -0.2) is 0 Å². The SMILES string of the molecule is [2H]c1c([2H])c([2H])c2c(-c3cccc4oc5ccccc5c34)c3c([2H])c([2H])c([2H])c([2H])c3c(-c3cccc(-c4ccc5ccc6ccccc6c5c4)c3)c2c1[2H]. The lowest BCUT2D eigenvalue weighted by molar-refractivity contribution is 0.669. The maximum atomic E-state index is 9.42. The molecule has 0 saturated carbocycles. The molecule has 0 spiro atoms. The highest BCUT2D eigenvalue weighted by Gasteiger charge is 2.20. The molecule has 0 fully saturated rings. The lowest BCUT2D eigenvalue weighted by Crippen LogP contribution is -1.91. The Bertz CT molecular complexity index is 3230. The zero-order valence-corrected chi connectivity index (χ0v) is 25.0. The van der Waals surface area contributed by atoms with Crippen molar-refractivity contribution < 1.29 is 15.4 Å². The van der Waals surface area contributed by atoms with Gasteiger partial charge in [0.05, 0.1) is 11.0 Å². The van der Waals surface area contributed by atoms with Gasteiger partial charge < -0.3 is 4.42 Å². The van der Waals surface area contributed by atoms with Gasteiger partial charge in [-0.05, 0) is 101 Å². The van der Waals surface area contributed by atoms with E-state index >= 15 is 0 Å². The summed E-state index contributed by atoms with van der Waals surface area (Å²) < 4.78 is 79.3. The van der Waals surface area contributed by atoms with Gasteiger partial charge >= 0.3 is 0 Å². The van der Waals surface area contributed by atoms with E-state index in [2.05, 4.69) is 36.4 Å². The first-order valence-corrected chi connectivity index (χ1v) is 15.5. The summed E-state index contributed by atoms with van der Waals surface area (Å²) in [6.45, 7) is 0. The van der Waals surface area contributed by atoms with Crippen LogP contribution < -0.4 is 0 Å². The van der Waals surface area contributed by atoms with Crippen molar-refractivity contribution in [2.24, 2.45) is 0 Å². The number of hydrogen-bond acceptors (Lipinski definition) is 1. The normalized spacial score (nSPS) is 14.2. The fraction of sp³-hybridized carbons (Fsp3) is 0. The zero-order valence-electron chi connectivity index (χ0n) is 33.0.